The summed E-state index contributed by atoms with van der Waals surface area (Å²) in [5, 5.41) is 7.22. The number of amides is 3. The molecule has 0 bridgehead atoms. The lowest BCUT2D eigenvalue weighted by molar-refractivity contribution is -0.116. The molecule has 0 atom stereocenters. The molecule has 0 spiro atoms. The minimum absolute atomic E-state index is 0.152. The van der Waals surface area contributed by atoms with E-state index in [1.54, 1.807) is 36.5 Å². The van der Waals surface area contributed by atoms with Crippen molar-refractivity contribution in [2.45, 2.75) is 32.2 Å². The van der Waals surface area contributed by atoms with E-state index in [1.165, 1.54) is 27.9 Å². The van der Waals surface area contributed by atoms with Gasteiger partial charge in [0.15, 0.2) is 0 Å². The van der Waals surface area contributed by atoms with Crippen molar-refractivity contribution < 1.29 is 18.8 Å². The molecule has 7 nitrogen and oxygen atoms in total. The molecule has 170 valence electrons. The third-order valence-electron chi connectivity index (χ3n) is 5.46. The molecule has 3 amide bonds. The molecule has 0 unspecified atom stereocenters. The molecule has 1 N–H and O–H groups in total. The number of aromatic nitrogens is 2. The Morgan fingerprint density at radius 2 is 1.73 bits per heavy atom. The third kappa shape index (κ3) is 5.12. The lowest BCUT2D eigenvalue weighted by Gasteiger charge is -2.13. The normalized spacial score (nSPS) is 12.8. The SMILES string of the molecule is O=C(CCCCCN1C(=O)c2ccccc2C1=O)Nc1cnn(Cc2c(F)cccc2Cl)c1. The van der Waals surface area contributed by atoms with Gasteiger partial charge in [0.25, 0.3) is 11.8 Å². The van der Waals surface area contributed by atoms with Gasteiger partial charge in [0, 0.05) is 29.7 Å². The van der Waals surface area contributed by atoms with E-state index in [1.807, 2.05) is 0 Å². The smallest absolute Gasteiger partial charge is 0.261 e. The number of carbonyl (C=O) groups is 3. The second kappa shape index (κ2) is 9.95. The number of fused-ring (bicyclic) bond motifs is 1. The van der Waals surface area contributed by atoms with Crippen LogP contribution in [0.15, 0.2) is 54.9 Å². The predicted molar refractivity (Wildman–Crippen MR) is 122 cm³/mol. The minimum Gasteiger partial charge on any atom is -0.323 e. The van der Waals surface area contributed by atoms with Crippen LogP contribution < -0.4 is 5.32 Å². The average Bonchev–Trinajstić information content (AvgIpc) is 3.33. The number of rotatable bonds is 9. The van der Waals surface area contributed by atoms with Crippen molar-refractivity contribution in [3.05, 3.63) is 82.4 Å². The van der Waals surface area contributed by atoms with Crippen LogP contribution >= 0.6 is 11.6 Å². The van der Waals surface area contributed by atoms with Crippen LogP contribution in [-0.2, 0) is 11.3 Å². The zero-order chi connectivity index (χ0) is 23.4. The second-order valence-electron chi connectivity index (χ2n) is 7.79. The number of halogens is 2. The fraction of sp³-hybridized carbons (Fsp3) is 0.250. The molecule has 33 heavy (non-hydrogen) atoms. The lowest BCUT2D eigenvalue weighted by atomic mass is 10.1. The van der Waals surface area contributed by atoms with Crippen molar-refractivity contribution >= 4 is 35.0 Å². The van der Waals surface area contributed by atoms with E-state index in [0.29, 0.717) is 59.6 Å². The first kappa shape index (κ1) is 22.7. The fourth-order valence-electron chi connectivity index (χ4n) is 3.76. The number of unbranched alkanes of at least 4 members (excludes halogenated alkanes) is 2. The van der Waals surface area contributed by atoms with Gasteiger partial charge in [-0.25, -0.2) is 4.39 Å². The maximum Gasteiger partial charge on any atom is 0.261 e. The number of hydrogen-bond donors (Lipinski definition) is 1. The summed E-state index contributed by atoms with van der Waals surface area (Å²) in [6.45, 7) is 0.485. The number of hydrogen-bond acceptors (Lipinski definition) is 4. The van der Waals surface area contributed by atoms with Crippen LogP contribution in [0.2, 0.25) is 5.02 Å². The van der Waals surface area contributed by atoms with Gasteiger partial charge < -0.3 is 5.32 Å². The molecule has 1 aliphatic heterocycles. The van der Waals surface area contributed by atoms with Crippen LogP contribution in [0.25, 0.3) is 0 Å². The second-order valence-corrected chi connectivity index (χ2v) is 8.20. The Morgan fingerprint density at radius 3 is 2.42 bits per heavy atom. The molecule has 2 aromatic carbocycles. The standard InChI is InChI=1S/C24H22ClFN4O3/c25-20-9-6-10-21(26)19(20)15-29-14-16(13-27-29)28-22(31)11-2-1-5-12-30-23(32)17-7-3-4-8-18(17)24(30)33/h3-4,6-10,13-14H,1-2,5,11-12,15H2,(H,28,31). The number of nitrogens with one attached hydrogen (secondary N) is 1. The number of benzene rings is 2. The van der Waals surface area contributed by atoms with E-state index in [-0.39, 0.29) is 24.3 Å². The van der Waals surface area contributed by atoms with Crippen LogP contribution in [0.1, 0.15) is 52.0 Å². The van der Waals surface area contributed by atoms with E-state index in [2.05, 4.69) is 10.4 Å². The molecular formula is C24H22ClFN4O3. The summed E-state index contributed by atoms with van der Waals surface area (Å²) in [6.07, 6.45) is 5.35. The Morgan fingerprint density at radius 1 is 1.00 bits per heavy atom. The first-order chi connectivity index (χ1) is 15.9. The van der Waals surface area contributed by atoms with E-state index in [4.69, 9.17) is 11.6 Å². The van der Waals surface area contributed by atoms with E-state index < -0.39 is 5.82 Å². The van der Waals surface area contributed by atoms with Gasteiger partial charge in [0.1, 0.15) is 5.82 Å². The number of imide groups is 1. The summed E-state index contributed by atoms with van der Waals surface area (Å²) in [5.41, 5.74) is 1.73. The molecule has 0 radical (unpaired) electrons. The maximum absolute atomic E-state index is 13.9. The zero-order valence-corrected chi connectivity index (χ0v) is 18.5. The van der Waals surface area contributed by atoms with Crippen molar-refractivity contribution in [2.24, 2.45) is 0 Å². The highest BCUT2D eigenvalue weighted by atomic mass is 35.5. The summed E-state index contributed by atoms with van der Waals surface area (Å²) in [5.74, 6) is -1.10. The largest absolute Gasteiger partial charge is 0.323 e. The van der Waals surface area contributed by atoms with Gasteiger partial charge in [-0.2, -0.15) is 5.10 Å². The molecule has 1 aromatic heterocycles. The molecular weight excluding hydrogens is 447 g/mol. The predicted octanol–water partition coefficient (Wildman–Crippen LogP) is 4.52. The topological polar surface area (TPSA) is 84.3 Å². The van der Waals surface area contributed by atoms with Crippen molar-refractivity contribution in [3.8, 4) is 0 Å². The Hall–Kier alpha value is -3.52. The van der Waals surface area contributed by atoms with Crippen molar-refractivity contribution in [2.75, 3.05) is 11.9 Å². The zero-order valence-electron chi connectivity index (χ0n) is 17.8. The van der Waals surface area contributed by atoms with Crippen LogP contribution in [-0.4, -0.2) is 38.9 Å². The molecule has 0 aliphatic carbocycles. The molecule has 0 saturated carbocycles. The molecule has 4 rings (SSSR count). The minimum atomic E-state index is -0.412. The summed E-state index contributed by atoms with van der Waals surface area (Å²) < 4.78 is 15.4. The van der Waals surface area contributed by atoms with Crippen molar-refractivity contribution in [3.63, 3.8) is 0 Å². The summed E-state index contributed by atoms with van der Waals surface area (Å²) >= 11 is 6.04. The highest BCUT2D eigenvalue weighted by Gasteiger charge is 2.34. The van der Waals surface area contributed by atoms with Gasteiger partial charge in [-0.3, -0.25) is 24.0 Å². The van der Waals surface area contributed by atoms with Crippen LogP contribution in [0.4, 0.5) is 10.1 Å². The van der Waals surface area contributed by atoms with Gasteiger partial charge in [-0.05, 0) is 37.1 Å². The molecule has 0 fully saturated rings. The lowest BCUT2D eigenvalue weighted by Crippen LogP contribution is -2.30. The highest BCUT2D eigenvalue weighted by Crippen LogP contribution is 2.23. The Bertz CT molecular complexity index is 1150. The fourth-order valence-corrected chi connectivity index (χ4v) is 3.98. The van der Waals surface area contributed by atoms with E-state index >= 15 is 0 Å². The number of nitrogens with zero attached hydrogens (tertiary/aromatic N) is 3. The number of carbonyl (C=O) groups excluding carboxylic acids is 3. The molecule has 1 aliphatic rings. The van der Waals surface area contributed by atoms with Crippen LogP contribution in [0, 0.1) is 5.82 Å². The first-order valence-corrected chi connectivity index (χ1v) is 11.0. The van der Waals surface area contributed by atoms with Crippen LogP contribution in [0.3, 0.4) is 0 Å². The summed E-state index contributed by atoms with van der Waals surface area (Å²) in [4.78, 5) is 38.2. The van der Waals surface area contributed by atoms with Crippen molar-refractivity contribution in [1.82, 2.24) is 14.7 Å². The Kier molecular flexibility index (Phi) is 6.84. The Balaban J connectivity index is 1.19. The molecule has 3 aromatic rings. The summed E-state index contributed by atoms with van der Waals surface area (Å²) in [6, 6.07) is 11.3. The van der Waals surface area contributed by atoms with Gasteiger partial charge in [-0.1, -0.05) is 36.2 Å². The van der Waals surface area contributed by atoms with Gasteiger partial charge in [0.05, 0.1) is 29.6 Å². The highest BCUT2D eigenvalue weighted by molar-refractivity contribution is 6.31. The third-order valence-corrected chi connectivity index (χ3v) is 5.82. The Labute approximate surface area is 195 Å². The quantitative estimate of drug-likeness (QED) is 0.369. The van der Waals surface area contributed by atoms with Crippen LogP contribution in [0.5, 0.6) is 0 Å². The van der Waals surface area contributed by atoms with Gasteiger partial charge in [-0.15, -0.1) is 0 Å². The number of anilines is 1. The molecule has 9 heteroatoms. The monoisotopic (exact) mass is 468 g/mol. The average molecular weight is 469 g/mol. The molecule has 0 saturated heterocycles. The first-order valence-electron chi connectivity index (χ1n) is 10.6. The van der Waals surface area contributed by atoms with E-state index in [0.717, 1.165) is 0 Å². The van der Waals surface area contributed by atoms with E-state index in [9.17, 15) is 18.8 Å². The van der Waals surface area contributed by atoms with Gasteiger partial charge in [0.2, 0.25) is 5.91 Å². The maximum atomic E-state index is 13.9. The van der Waals surface area contributed by atoms with Gasteiger partial charge >= 0.3 is 0 Å². The summed E-state index contributed by atoms with van der Waals surface area (Å²) in [7, 11) is 0. The molecule has 2 heterocycles. The van der Waals surface area contributed by atoms with Crippen molar-refractivity contribution in [1.29, 1.82) is 0 Å².